The average molecular weight is 381 g/mol. The van der Waals surface area contributed by atoms with Gasteiger partial charge in [0.1, 0.15) is 6.54 Å². The molecule has 0 unspecified atom stereocenters. The number of anilines is 2. The maximum atomic E-state index is 12.5. The largest absolute Gasteiger partial charge is 0.326 e. The second-order valence-corrected chi connectivity index (χ2v) is 5.94. The summed E-state index contributed by atoms with van der Waals surface area (Å²) >= 11 is 0. The van der Waals surface area contributed by atoms with E-state index in [1.165, 1.54) is 31.5 Å². The van der Waals surface area contributed by atoms with Crippen molar-refractivity contribution in [2.75, 3.05) is 10.6 Å². The third-order valence-corrected chi connectivity index (χ3v) is 3.82. The quantitative estimate of drug-likeness (QED) is 0.512. The molecular weight excluding hydrogens is 366 g/mol. The van der Waals surface area contributed by atoms with Gasteiger partial charge < -0.3 is 10.6 Å². The van der Waals surface area contributed by atoms with Crippen LogP contribution in [0.25, 0.3) is 10.9 Å². The molecule has 2 amide bonds. The maximum absolute atomic E-state index is 12.5. The van der Waals surface area contributed by atoms with E-state index in [1.807, 2.05) is 0 Å². The summed E-state index contributed by atoms with van der Waals surface area (Å²) in [5.41, 5.74) is 0.629. The third-order valence-electron chi connectivity index (χ3n) is 3.82. The SMILES string of the molecule is CC(=O)Nc1ccc(NC(=O)Cn2cnc3cc([N+](=O)[O-])ccc3c2=O)cc1. The Morgan fingerprint density at radius 2 is 1.75 bits per heavy atom. The van der Waals surface area contributed by atoms with Crippen molar-refractivity contribution in [3.05, 3.63) is 69.3 Å². The summed E-state index contributed by atoms with van der Waals surface area (Å²) < 4.78 is 1.12. The van der Waals surface area contributed by atoms with Gasteiger partial charge in [0.25, 0.3) is 11.2 Å². The van der Waals surface area contributed by atoms with Crippen molar-refractivity contribution in [2.45, 2.75) is 13.5 Å². The van der Waals surface area contributed by atoms with Gasteiger partial charge in [-0.3, -0.25) is 29.1 Å². The van der Waals surface area contributed by atoms with Crippen LogP contribution in [-0.4, -0.2) is 26.3 Å². The number of amides is 2. The highest BCUT2D eigenvalue weighted by Crippen LogP contribution is 2.16. The second-order valence-electron chi connectivity index (χ2n) is 5.94. The Balaban J connectivity index is 1.75. The number of benzene rings is 2. The first-order valence-electron chi connectivity index (χ1n) is 8.14. The van der Waals surface area contributed by atoms with Crippen LogP contribution in [0.15, 0.2) is 53.6 Å². The molecule has 0 bridgehead atoms. The number of carbonyl (C=O) groups is 2. The number of hydrogen-bond donors (Lipinski definition) is 2. The highest BCUT2D eigenvalue weighted by Gasteiger charge is 2.12. The molecule has 0 spiro atoms. The topological polar surface area (TPSA) is 136 Å². The summed E-state index contributed by atoms with van der Waals surface area (Å²) in [5.74, 6) is -0.650. The molecular formula is C18H15N5O5. The number of fused-ring (bicyclic) bond motifs is 1. The van der Waals surface area contributed by atoms with E-state index in [0.29, 0.717) is 11.4 Å². The molecule has 0 fully saturated rings. The van der Waals surface area contributed by atoms with Crippen molar-refractivity contribution in [1.29, 1.82) is 0 Å². The normalized spacial score (nSPS) is 10.5. The van der Waals surface area contributed by atoms with Gasteiger partial charge in [-0.2, -0.15) is 0 Å². The number of nitrogens with zero attached hydrogens (tertiary/aromatic N) is 3. The van der Waals surface area contributed by atoms with Crippen LogP contribution in [0.1, 0.15) is 6.92 Å². The minimum absolute atomic E-state index is 0.169. The fourth-order valence-electron chi connectivity index (χ4n) is 2.57. The molecule has 0 saturated heterocycles. The second kappa shape index (κ2) is 7.66. The minimum atomic E-state index is -0.572. The van der Waals surface area contributed by atoms with Crippen LogP contribution >= 0.6 is 0 Å². The Morgan fingerprint density at radius 3 is 2.36 bits per heavy atom. The number of nitro benzene ring substituents is 1. The summed E-state index contributed by atoms with van der Waals surface area (Å²) in [6, 6.07) is 10.2. The van der Waals surface area contributed by atoms with Crippen molar-refractivity contribution in [2.24, 2.45) is 0 Å². The molecule has 0 radical (unpaired) electrons. The zero-order valence-corrected chi connectivity index (χ0v) is 14.7. The fourth-order valence-corrected chi connectivity index (χ4v) is 2.57. The van der Waals surface area contributed by atoms with E-state index in [2.05, 4.69) is 15.6 Å². The molecule has 3 aromatic rings. The lowest BCUT2D eigenvalue weighted by atomic mass is 10.2. The summed E-state index contributed by atoms with van der Waals surface area (Å²) in [4.78, 5) is 50.0. The number of nitro groups is 1. The van der Waals surface area contributed by atoms with E-state index in [9.17, 15) is 24.5 Å². The predicted molar refractivity (Wildman–Crippen MR) is 102 cm³/mol. The van der Waals surface area contributed by atoms with E-state index >= 15 is 0 Å². The van der Waals surface area contributed by atoms with Crippen LogP contribution in [0.2, 0.25) is 0 Å². The highest BCUT2D eigenvalue weighted by molar-refractivity contribution is 5.92. The Labute approximate surface area is 158 Å². The van der Waals surface area contributed by atoms with Gasteiger partial charge in [-0.15, -0.1) is 0 Å². The highest BCUT2D eigenvalue weighted by atomic mass is 16.6. The van der Waals surface area contributed by atoms with Crippen molar-refractivity contribution >= 4 is 39.8 Å². The van der Waals surface area contributed by atoms with E-state index < -0.39 is 16.4 Å². The van der Waals surface area contributed by atoms with E-state index in [-0.39, 0.29) is 29.0 Å². The van der Waals surface area contributed by atoms with Gasteiger partial charge in [-0.25, -0.2) is 4.98 Å². The van der Waals surface area contributed by atoms with Gasteiger partial charge in [-0.05, 0) is 30.3 Å². The van der Waals surface area contributed by atoms with Crippen molar-refractivity contribution in [1.82, 2.24) is 9.55 Å². The molecule has 1 heterocycles. The van der Waals surface area contributed by atoms with Crippen LogP contribution in [0.4, 0.5) is 17.1 Å². The molecule has 0 aliphatic heterocycles. The molecule has 142 valence electrons. The lowest BCUT2D eigenvalue weighted by Gasteiger charge is -2.09. The summed E-state index contributed by atoms with van der Waals surface area (Å²) in [5, 5.41) is 16.2. The van der Waals surface area contributed by atoms with Crippen LogP contribution in [0.3, 0.4) is 0 Å². The standard InChI is InChI=1S/C18H15N5O5/c1-11(24)20-12-2-4-13(5-3-12)21-17(25)9-22-10-19-16-8-14(23(27)28)6-7-15(16)18(22)26/h2-8,10H,9H2,1H3,(H,20,24)(H,21,25). The Bertz CT molecular complexity index is 1140. The van der Waals surface area contributed by atoms with E-state index in [4.69, 9.17) is 0 Å². The van der Waals surface area contributed by atoms with Gasteiger partial charge in [0, 0.05) is 30.4 Å². The van der Waals surface area contributed by atoms with Crippen LogP contribution in [-0.2, 0) is 16.1 Å². The van der Waals surface area contributed by atoms with Crippen LogP contribution in [0, 0.1) is 10.1 Å². The van der Waals surface area contributed by atoms with Gasteiger partial charge in [0.05, 0.1) is 22.2 Å². The molecule has 0 atom stereocenters. The number of non-ortho nitro benzene ring substituents is 1. The molecule has 3 rings (SSSR count). The summed E-state index contributed by atoms with van der Waals surface area (Å²) in [7, 11) is 0. The van der Waals surface area contributed by atoms with Crippen molar-refractivity contribution in [3.8, 4) is 0 Å². The molecule has 0 saturated carbocycles. The molecule has 10 nitrogen and oxygen atoms in total. The molecule has 28 heavy (non-hydrogen) atoms. The Kier molecular flexibility index (Phi) is 5.12. The van der Waals surface area contributed by atoms with Crippen molar-refractivity contribution < 1.29 is 14.5 Å². The van der Waals surface area contributed by atoms with Gasteiger partial charge in [-0.1, -0.05) is 0 Å². The third kappa shape index (κ3) is 4.18. The monoisotopic (exact) mass is 381 g/mol. The molecule has 0 aliphatic rings. The number of nitrogens with one attached hydrogen (secondary N) is 2. The number of hydrogen-bond acceptors (Lipinski definition) is 6. The first kappa shape index (κ1) is 18.7. The first-order chi connectivity index (χ1) is 13.3. The molecule has 2 aromatic carbocycles. The Hall–Kier alpha value is -4.08. The van der Waals surface area contributed by atoms with Crippen LogP contribution in [0.5, 0.6) is 0 Å². The lowest BCUT2D eigenvalue weighted by molar-refractivity contribution is -0.384. The van der Waals surface area contributed by atoms with Crippen LogP contribution < -0.4 is 16.2 Å². The minimum Gasteiger partial charge on any atom is -0.326 e. The van der Waals surface area contributed by atoms with E-state index in [1.54, 1.807) is 24.3 Å². The maximum Gasteiger partial charge on any atom is 0.271 e. The summed E-state index contributed by atoms with van der Waals surface area (Å²) in [6.45, 7) is 1.12. The smallest absolute Gasteiger partial charge is 0.271 e. The number of rotatable bonds is 5. The van der Waals surface area contributed by atoms with Gasteiger partial charge >= 0.3 is 0 Å². The lowest BCUT2D eigenvalue weighted by Crippen LogP contribution is -2.27. The van der Waals surface area contributed by atoms with Gasteiger partial charge in [0.2, 0.25) is 11.8 Å². The number of carbonyl (C=O) groups excluding carboxylic acids is 2. The van der Waals surface area contributed by atoms with Gasteiger partial charge in [0.15, 0.2) is 0 Å². The van der Waals surface area contributed by atoms with Crippen molar-refractivity contribution in [3.63, 3.8) is 0 Å². The molecule has 2 N–H and O–H groups in total. The zero-order valence-electron chi connectivity index (χ0n) is 14.7. The Morgan fingerprint density at radius 1 is 1.11 bits per heavy atom. The summed E-state index contributed by atoms with van der Waals surface area (Å²) in [6.07, 6.45) is 1.17. The fraction of sp³-hybridized carbons (Fsp3) is 0.111. The molecule has 0 aliphatic carbocycles. The zero-order chi connectivity index (χ0) is 20.3. The number of aromatic nitrogens is 2. The van der Waals surface area contributed by atoms with E-state index in [0.717, 1.165) is 4.57 Å². The molecule has 1 aromatic heterocycles. The average Bonchev–Trinajstić information content (AvgIpc) is 2.65. The first-order valence-corrected chi connectivity index (χ1v) is 8.14. The molecule has 10 heteroatoms. The predicted octanol–water partition coefficient (Wildman–Crippen LogP) is 1.90.